The Labute approximate surface area is 158 Å². The second kappa shape index (κ2) is 8.87. The zero-order valence-corrected chi connectivity index (χ0v) is 16.6. The summed E-state index contributed by atoms with van der Waals surface area (Å²) >= 11 is 0. The Morgan fingerprint density at radius 3 is 2.31 bits per heavy atom. The van der Waals surface area contributed by atoms with Gasteiger partial charge in [0.1, 0.15) is 0 Å². The third-order valence-corrected chi connectivity index (χ3v) is 5.97. The van der Waals surface area contributed by atoms with Gasteiger partial charge >= 0.3 is 0 Å². The van der Waals surface area contributed by atoms with Crippen LogP contribution in [0.3, 0.4) is 0 Å². The predicted molar refractivity (Wildman–Crippen MR) is 108 cm³/mol. The lowest BCUT2D eigenvalue weighted by molar-refractivity contribution is -0.125. The summed E-state index contributed by atoms with van der Waals surface area (Å²) in [6.45, 7) is 4.98. The van der Waals surface area contributed by atoms with Crippen LogP contribution in [0.25, 0.3) is 0 Å². The highest BCUT2D eigenvalue weighted by atomic mass is 16.1. The minimum atomic E-state index is 0.235. The summed E-state index contributed by atoms with van der Waals surface area (Å²) in [5.74, 6) is 0.491. The van der Waals surface area contributed by atoms with Gasteiger partial charge in [0, 0.05) is 58.4 Å². The van der Waals surface area contributed by atoms with Crippen LogP contribution in [0.1, 0.15) is 37.3 Å². The van der Waals surface area contributed by atoms with Crippen LogP contribution in [0.15, 0.2) is 24.3 Å². The standard InChI is InChI=1S/C21H34N4O/c1-23(2)19-10-8-17(9-11-19)20(25-14-12-24(3)13-15-25)16-22-21(26)18-6-4-5-7-18/h8-11,18,20H,4-7,12-16H2,1-3H3,(H,22,26)/t20-/m0/s1. The summed E-state index contributed by atoms with van der Waals surface area (Å²) in [7, 11) is 6.31. The molecule has 1 aliphatic carbocycles. The fourth-order valence-electron chi connectivity index (χ4n) is 4.12. The molecule has 2 fully saturated rings. The number of hydrogen-bond acceptors (Lipinski definition) is 4. The van der Waals surface area contributed by atoms with Crippen molar-refractivity contribution in [3.05, 3.63) is 29.8 Å². The van der Waals surface area contributed by atoms with Crippen molar-refractivity contribution >= 4 is 11.6 Å². The van der Waals surface area contributed by atoms with Crippen molar-refractivity contribution < 1.29 is 4.79 Å². The van der Waals surface area contributed by atoms with E-state index in [4.69, 9.17) is 0 Å². The molecule has 1 saturated heterocycles. The number of nitrogens with zero attached hydrogens (tertiary/aromatic N) is 3. The van der Waals surface area contributed by atoms with Crippen molar-refractivity contribution in [1.29, 1.82) is 0 Å². The number of benzene rings is 1. The van der Waals surface area contributed by atoms with Crippen LogP contribution in [-0.2, 0) is 4.79 Å². The molecule has 0 unspecified atom stereocenters. The molecule has 2 aliphatic rings. The molecular formula is C21H34N4O. The summed E-state index contributed by atoms with van der Waals surface area (Å²) in [6.07, 6.45) is 4.52. The van der Waals surface area contributed by atoms with Gasteiger partial charge in [-0.1, -0.05) is 25.0 Å². The first-order valence-corrected chi connectivity index (χ1v) is 10.0. The third-order valence-electron chi connectivity index (χ3n) is 5.97. The molecule has 1 heterocycles. The molecular weight excluding hydrogens is 324 g/mol. The second-order valence-electron chi connectivity index (χ2n) is 8.07. The Kier molecular flexibility index (Phi) is 6.54. The number of rotatable bonds is 6. The Morgan fingerprint density at radius 1 is 1.12 bits per heavy atom. The summed E-state index contributed by atoms with van der Waals surface area (Å²) in [5, 5.41) is 3.26. The van der Waals surface area contributed by atoms with E-state index >= 15 is 0 Å². The van der Waals surface area contributed by atoms with E-state index in [1.165, 1.54) is 24.1 Å². The van der Waals surface area contributed by atoms with Crippen LogP contribution in [0.5, 0.6) is 0 Å². The highest BCUT2D eigenvalue weighted by molar-refractivity contribution is 5.78. The number of amides is 1. The normalized spacial score (nSPS) is 20.9. The van der Waals surface area contributed by atoms with Crippen LogP contribution >= 0.6 is 0 Å². The van der Waals surface area contributed by atoms with E-state index in [0.29, 0.717) is 6.54 Å². The largest absolute Gasteiger partial charge is 0.378 e. The summed E-state index contributed by atoms with van der Waals surface area (Å²) in [6, 6.07) is 9.05. The molecule has 1 amide bonds. The average molecular weight is 359 g/mol. The van der Waals surface area contributed by atoms with Gasteiger partial charge in [0.2, 0.25) is 5.91 Å². The molecule has 1 aromatic rings. The zero-order chi connectivity index (χ0) is 18.5. The van der Waals surface area contributed by atoms with Crippen molar-refractivity contribution in [2.45, 2.75) is 31.7 Å². The first-order chi connectivity index (χ1) is 12.5. The third kappa shape index (κ3) is 4.77. The topological polar surface area (TPSA) is 38.8 Å². The fourth-order valence-corrected chi connectivity index (χ4v) is 4.12. The number of piperazine rings is 1. The summed E-state index contributed by atoms with van der Waals surface area (Å²) in [5.41, 5.74) is 2.51. The molecule has 0 spiro atoms. The minimum Gasteiger partial charge on any atom is -0.378 e. The number of nitrogens with one attached hydrogen (secondary N) is 1. The Hall–Kier alpha value is -1.59. The monoisotopic (exact) mass is 358 g/mol. The first-order valence-electron chi connectivity index (χ1n) is 10.0. The molecule has 1 N–H and O–H groups in total. The van der Waals surface area contributed by atoms with Gasteiger partial charge in [-0.2, -0.15) is 0 Å². The van der Waals surface area contributed by atoms with Crippen molar-refractivity contribution in [1.82, 2.24) is 15.1 Å². The number of hydrogen-bond donors (Lipinski definition) is 1. The molecule has 26 heavy (non-hydrogen) atoms. The molecule has 1 aliphatic heterocycles. The molecule has 5 heteroatoms. The number of carbonyl (C=O) groups is 1. The maximum absolute atomic E-state index is 12.5. The average Bonchev–Trinajstić information content (AvgIpc) is 3.18. The molecule has 0 aromatic heterocycles. The molecule has 3 rings (SSSR count). The molecule has 5 nitrogen and oxygen atoms in total. The number of carbonyl (C=O) groups excluding carboxylic acids is 1. The highest BCUT2D eigenvalue weighted by Gasteiger charge is 2.27. The smallest absolute Gasteiger partial charge is 0.223 e. The van der Waals surface area contributed by atoms with Crippen LogP contribution in [0.4, 0.5) is 5.69 Å². The van der Waals surface area contributed by atoms with Gasteiger partial charge in [-0.15, -0.1) is 0 Å². The molecule has 0 bridgehead atoms. The fraction of sp³-hybridized carbons (Fsp3) is 0.667. The predicted octanol–water partition coefficient (Wildman–Crippen LogP) is 2.35. The van der Waals surface area contributed by atoms with E-state index in [-0.39, 0.29) is 17.9 Å². The number of anilines is 1. The van der Waals surface area contributed by atoms with E-state index < -0.39 is 0 Å². The minimum absolute atomic E-state index is 0.235. The Morgan fingerprint density at radius 2 is 1.73 bits per heavy atom. The summed E-state index contributed by atoms with van der Waals surface area (Å²) < 4.78 is 0. The van der Waals surface area contributed by atoms with Crippen molar-refractivity contribution in [2.24, 2.45) is 5.92 Å². The lowest BCUT2D eigenvalue weighted by atomic mass is 10.0. The van der Waals surface area contributed by atoms with Crippen molar-refractivity contribution in [3.8, 4) is 0 Å². The Balaban J connectivity index is 1.69. The quantitative estimate of drug-likeness (QED) is 0.847. The van der Waals surface area contributed by atoms with Gasteiger partial charge in [0.25, 0.3) is 0 Å². The van der Waals surface area contributed by atoms with Crippen LogP contribution in [-0.4, -0.2) is 69.6 Å². The summed E-state index contributed by atoms with van der Waals surface area (Å²) in [4.78, 5) is 19.5. The van der Waals surface area contributed by atoms with E-state index in [0.717, 1.165) is 39.0 Å². The van der Waals surface area contributed by atoms with E-state index in [9.17, 15) is 4.79 Å². The molecule has 1 aromatic carbocycles. The Bertz CT molecular complexity index is 572. The second-order valence-corrected chi connectivity index (χ2v) is 8.07. The van der Waals surface area contributed by atoms with Gasteiger partial charge in [0.15, 0.2) is 0 Å². The van der Waals surface area contributed by atoms with E-state index in [1.54, 1.807) is 0 Å². The molecule has 1 atom stereocenters. The zero-order valence-electron chi connectivity index (χ0n) is 16.6. The van der Waals surface area contributed by atoms with E-state index in [2.05, 4.69) is 65.4 Å². The number of likely N-dealkylation sites (N-methyl/N-ethyl adjacent to an activating group) is 1. The lowest BCUT2D eigenvalue weighted by Gasteiger charge is -2.38. The molecule has 0 radical (unpaired) electrons. The first kappa shape index (κ1) is 19.2. The lowest BCUT2D eigenvalue weighted by Crippen LogP contribution is -2.48. The highest BCUT2D eigenvalue weighted by Crippen LogP contribution is 2.26. The van der Waals surface area contributed by atoms with Gasteiger partial charge in [-0.05, 0) is 37.6 Å². The van der Waals surface area contributed by atoms with Crippen molar-refractivity contribution in [2.75, 3.05) is 58.8 Å². The van der Waals surface area contributed by atoms with Gasteiger partial charge in [-0.3, -0.25) is 9.69 Å². The molecule has 1 saturated carbocycles. The van der Waals surface area contributed by atoms with Crippen LogP contribution in [0, 0.1) is 5.92 Å². The van der Waals surface area contributed by atoms with Gasteiger partial charge in [-0.25, -0.2) is 0 Å². The molecule has 144 valence electrons. The van der Waals surface area contributed by atoms with Gasteiger partial charge in [0.05, 0.1) is 6.04 Å². The SMILES string of the molecule is CN1CCN([C@@H](CNC(=O)C2CCCC2)c2ccc(N(C)C)cc2)CC1. The van der Waals surface area contributed by atoms with Crippen molar-refractivity contribution in [3.63, 3.8) is 0 Å². The van der Waals surface area contributed by atoms with Gasteiger partial charge < -0.3 is 15.1 Å². The van der Waals surface area contributed by atoms with E-state index in [1.807, 2.05) is 0 Å². The maximum Gasteiger partial charge on any atom is 0.223 e. The maximum atomic E-state index is 12.5. The van der Waals surface area contributed by atoms with Crippen LogP contribution < -0.4 is 10.2 Å². The van der Waals surface area contributed by atoms with Crippen LogP contribution in [0.2, 0.25) is 0 Å².